The second-order valence-corrected chi connectivity index (χ2v) is 7.08. The highest BCUT2D eigenvalue weighted by Crippen LogP contribution is 2.21. The topological polar surface area (TPSA) is 73.0 Å². The van der Waals surface area contributed by atoms with Gasteiger partial charge in [-0.05, 0) is 44.2 Å². The quantitative estimate of drug-likeness (QED) is 0.809. The van der Waals surface area contributed by atoms with Crippen molar-refractivity contribution in [2.75, 3.05) is 6.54 Å². The van der Waals surface area contributed by atoms with E-state index in [0.717, 1.165) is 55.6 Å². The third kappa shape index (κ3) is 3.28. The van der Waals surface area contributed by atoms with Gasteiger partial charge in [0.05, 0.1) is 24.1 Å². The maximum Gasteiger partial charge on any atom is 0.268 e. The van der Waals surface area contributed by atoms with Crippen molar-refractivity contribution < 1.29 is 0 Å². The van der Waals surface area contributed by atoms with Crippen molar-refractivity contribution in [3.63, 3.8) is 0 Å². The van der Waals surface area contributed by atoms with Crippen LogP contribution in [0.25, 0.3) is 0 Å². The van der Waals surface area contributed by atoms with Gasteiger partial charge < -0.3 is 4.57 Å². The highest BCUT2D eigenvalue weighted by Gasteiger charge is 2.26. The van der Waals surface area contributed by atoms with E-state index in [0.29, 0.717) is 13.1 Å². The number of rotatable bonds is 4. The standard InChI is InChI=1S/C18H23N5O2/c1-21-10-14(19-9-18(21)25)11-22-7-3-5-15(22)12-23-17(24)8-13-4-2-6-16(13)20-23/h8-10,15H,2-7,11-12H2,1H3. The lowest BCUT2D eigenvalue weighted by atomic mass is 10.2. The van der Waals surface area contributed by atoms with Crippen molar-refractivity contribution in [3.05, 3.63) is 56.1 Å². The van der Waals surface area contributed by atoms with Gasteiger partial charge in [0.2, 0.25) is 0 Å². The summed E-state index contributed by atoms with van der Waals surface area (Å²) >= 11 is 0. The zero-order valence-corrected chi connectivity index (χ0v) is 14.5. The Bertz CT molecular complexity index is 901. The Hall–Kier alpha value is -2.28. The number of fused-ring (bicyclic) bond motifs is 1. The monoisotopic (exact) mass is 341 g/mol. The van der Waals surface area contributed by atoms with Crippen LogP contribution in [0, 0.1) is 0 Å². The van der Waals surface area contributed by atoms with E-state index in [1.54, 1.807) is 28.6 Å². The Labute approximate surface area is 145 Å². The molecule has 25 heavy (non-hydrogen) atoms. The van der Waals surface area contributed by atoms with Crippen LogP contribution in [0.1, 0.15) is 36.2 Å². The molecule has 2 aromatic heterocycles. The zero-order valence-electron chi connectivity index (χ0n) is 14.5. The first-order valence-electron chi connectivity index (χ1n) is 8.96. The number of aromatic nitrogens is 4. The smallest absolute Gasteiger partial charge is 0.268 e. The molecule has 3 heterocycles. The van der Waals surface area contributed by atoms with Gasteiger partial charge in [0.15, 0.2) is 0 Å². The molecule has 132 valence electrons. The van der Waals surface area contributed by atoms with Crippen molar-refractivity contribution in [1.29, 1.82) is 0 Å². The first-order valence-corrected chi connectivity index (χ1v) is 8.96. The molecule has 4 rings (SSSR count). The van der Waals surface area contributed by atoms with Crippen molar-refractivity contribution >= 4 is 0 Å². The van der Waals surface area contributed by atoms with Crippen LogP contribution in [0.2, 0.25) is 0 Å². The van der Waals surface area contributed by atoms with Crippen molar-refractivity contribution in [2.24, 2.45) is 7.05 Å². The summed E-state index contributed by atoms with van der Waals surface area (Å²) in [5.41, 5.74) is 2.99. The number of hydrogen-bond donors (Lipinski definition) is 0. The van der Waals surface area contributed by atoms with E-state index < -0.39 is 0 Å². The molecule has 0 radical (unpaired) electrons. The SMILES string of the molecule is Cn1cc(CN2CCCC2Cn2nc3c(cc2=O)CCC3)ncc1=O. The number of hydrogen-bond acceptors (Lipinski definition) is 5. The summed E-state index contributed by atoms with van der Waals surface area (Å²) in [6, 6.07) is 2.05. The Balaban J connectivity index is 1.51. The van der Waals surface area contributed by atoms with Gasteiger partial charge in [-0.15, -0.1) is 0 Å². The van der Waals surface area contributed by atoms with Crippen LogP contribution >= 0.6 is 0 Å². The van der Waals surface area contributed by atoms with E-state index in [9.17, 15) is 9.59 Å². The second-order valence-electron chi connectivity index (χ2n) is 7.08. The summed E-state index contributed by atoms with van der Waals surface area (Å²) in [5, 5.41) is 4.60. The van der Waals surface area contributed by atoms with E-state index in [1.165, 1.54) is 6.20 Å². The average molecular weight is 341 g/mol. The van der Waals surface area contributed by atoms with E-state index in [4.69, 9.17) is 0 Å². The summed E-state index contributed by atoms with van der Waals surface area (Å²) in [7, 11) is 1.74. The molecule has 1 fully saturated rings. The molecule has 1 aliphatic heterocycles. The lowest BCUT2D eigenvalue weighted by molar-refractivity contribution is 0.213. The van der Waals surface area contributed by atoms with Gasteiger partial charge in [0, 0.05) is 31.9 Å². The highest BCUT2D eigenvalue weighted by molar-refractivity contribution is 5.22. The number of nitrogens with zero attached hydrogens (tertiary/aromatic N) is 5. The average Bonchev–Trinajstić information content (AvgIpc) is 3.21. The summed E-state index contributed by atoms with van der Waals surface area (Å²) in [6.07, 6.45) is 8.37. The molecule has 7 nitrogen and oxygen atoms in total. The van der Waals surface area contributed by atoms with Crippen LogP contribution in [-0.2, 0) is 33.0 Å². The minimum Gasteiger partial charge on any atom is -0.315 e. The molecule has 1 atom stereocenters. The van der Waals surface area contributed by atoms with Crippen LogP contribution in [0.15, 0.2) is 28.0 Å². The van der Waals surface area contributed by atoms with Gasteiger partial charge in [0.25, 0.3) is 11.1 Å². The molecule has 0 N–H and O–H groups in total. The first kappa shape index (κ1) is 16.2. The molecule has 2 aliphatic rings. The summed E-state index contributed by atoms with van der Waals surface area (Å²) in [4.78, 5) is 30.4. The lowest BCUT2D eigenvalue weighted by Gasteiger charge is -2.24. The molecule has 1 saturated heterocycles. The molecule has 0 amide bonds. The molecule has 0 aromatic carbocycles. The Morgan fingerprint density at radius 1 is 1.20 bits per heavy atom. The molecule has 2 aromatic rings. The Kier molecular flexibility index (Phi) is 4.25. The van der Waals surface area contributed by atoms with Crippen LogP contribution in [0.3, 0.4) is 0 Å². The minimum absolute atomic E-state index is 0.00716. The van der Waals surface area contributed by atoms with E-state index >= 15 is 0 Å². The maximum absolute atomic E-state index is 12.3. The van der Waals surface area contributed by atoms with Crippen molar-refractivity contribution in [3.8, 4) is 0 Å². The first-order chi connectivity index (χ1) is 12.1. The fourth-order valence-electron chi connectivity index (χ4n) is 3.92. The Morgan fingerprint density at radius 2 is 2.08 bits per heavy atom. The van der Waals surface area contributed by atoms with Gasteiger partial charge >= 0.3 is 0 Å². The van der Waals surface area contributed by atoms with Crippen LogP contribution in [0.4, 0.5) is 0 Å². The fourth-order valence-corrected chi connectivity index (χ4v) is 3.92. The Morgan fingerprint density at radius 3 is 2.92 bits per heavy atom. The maximum atomic E-state index is 12.3. The van der Waals surface area contributed by atoms with Gasteiger partial charge in [-0.2, -0.15) is 5.10 Å². The van der Waals surface area contributed by atoms with E-state index in [-0.39, 0.29) is 17.2 Å². The normalized spacial score (nSPS) is 20.1. The van der Waals surface area contributed by atoms with Crippen molar-refractivity contribution in [2.45, 2.75) is 51.2 Å². The summed E-state index contributed by atoms with van der Waals surface area (Å²) in [5.74, 6) is 0. The molecule has 0 bridgehead atoms. The molecule has 0 saturated carbocycles. The molecular weight excluding hydrogens is 318 g/mol. The van der Waals surface area contributed by atoms with Gasteiger partial charge in [-0.25, -0.2) is 4.68 Å². The summed E-state index contributed by atoms with van der Waals surface area (Å²) < 4.78 is 3.20. The second kappa shape index (κ2) is 6.55. The van der Waals surface area contributed by atoms with Crippen LogP contribution < -0.4 is 11.1 Å². The number of aryl methyl sites for hydroxylation is 3. The van der Waals surface area contributed by atoms with Crippen LogP contribution in [0.5, 0.6) is 0 Å². The number of likely N-dealkylation sites (tertiary alicyclic amines) is 1. The highest BCUT2D eigenvalue weighted by atomic mass is 16.1. The minimum atomic E-state index is -0.101. The lowest BCUT2D eigenvalue weighted by Crippen LogP contribution is -2.37. The van der Waals surface area contributed by atoms with Gasteiger partial charge in [0.1, 0.15) is 0 Å². The molecular formula is C18H23N5O2. The molecule has 1 aliphatic carbocycles. The van der Waals surface area contributed by atoms with E-state index in [1.807, 2.05) is 0 Å². The van der Waals surface area contributed by atoms with E-state index in [2.05, 4.69) is 15.0 Å². The third-order valence-corrected chi connectivity index (χ3v) is 5.30. The van der Waals surface area contributed by atoms with Gasteiger partial charge in [-0.3, -0.25) is 19.5 Å². The largest absolute Gasteiger partial charge is 0.315 e. The van der Waals surface area contributed by atoms with Crippen LogP contribution in [-0.4, -0.2) is 36.8 Å². The zero-order chi connectivity index (χ0) is 17.4. The molecule has 7 heteroatoms. The fraction of sp³-hybridized carbons (Fsp3) is 0.556. The predicted octanol–water partition coefficient (Wildman–Crippen LogP) is 0.490. The molecule has 0 spiro atoms. The van der Waals surface area contributed by atoms with Gasteiger partial charge in [-0.1, -0.05) is 0 Å². The molecule has 1 unspecified atom stereocenters. The predicted molar refractivity (Wildman–Crippen MR) is 93.4 cm³/mol. The van der Waals surface area contributed by atoms with Crippen molar-refractivity contribution in [1.82, 2.24) is 24.2 Å². The third-order valence-electron chi connectivity index (χ3n) is 5.30. The summed E-state index contributed by atoms with van der Waals surface area (Å²) in [6.45, 7) is 2.30.